The number of benzene rings is 1. The number of unbranched alkanes of at least 4 members (excludes halogenated alkanes) is 1. The molecule has 0 aliphatic carbocycles. The van der Waals surface area contributed by atoms with E-state index in [1.165, 1.54) is 5.56 Å². The molecule has 1 heterocycles. The molecule has 1 aromatic heterocycles. The minimum absolute atomic E-state index is 0.0515. The Balaban J connectivity index is 1.77. The molecule has 0 atom stereocenters. The van der Waals surface area contributed by atoms with E-state index in [4.69, 9.17) is 4.74 Å². The number of aryl methyl sites for hydroxylation is 2. The van der Waals surface area contributed by atoms with Gasteiger partial charge in [0.2, 0.25) is 0 Å². The maximum Gasteiger partial charge on any atom is 0.119 e. The van der Waals surface area contributed by atoms with Crippen LogP contribution in [0.5, 0.6) is 5.75 Å². The van der Waals surface area contributed by atoms with Crippen LogP contribution < -0.4 is 4.74 Å². The van der Waals surface area contributed by atoms with Crippen molar-refractivity contribution in [2.75, 3.05) is 6.61 Å². The molecule has 5 heteroatoms. The number of aliphatic hydroxyl groups is 1. The average Bonchev–Trinajstić information content (AvgIpc) is 2.92. The van der Waals surface area contributed by atoms with E-state index < -0.39 is 0 Å². The van der Waals surface area contributed by atoms with Crippen LogP contribution in [0.25, 0.3) is 0 Å². The Kier molecular flexibility index (Phi) is 5.95. The van der Waals surface area contributed by atoms with Gasteiger partial charge < -0.3 is 9.84 Å². The fraction of sp³-hybridized carbons (Fsp3) is 0.529. The minimum Gasteiger partial charge on any atom is -0.494 e. The summed E-state index contributed by atoms with van der Waals surface area (Å²) in [4.78, 5) is 0. The largest absolute Gasteiger partial charge is 0.494 e. The lowest BCUT2D eigenvalue weighted by Gasteiger charge is -2.11. The van der Waals surface area contributed by atoms with E-state index >= 15 is 0 Å². The molecule has 0 amide bonds. The second-order valence-corrected chi connectivity index (χ2v) is 5.83. The highest BCUT2D eigenvalue weighted by Gasteiger charge is 2.14. The van der Waals surface area contributed by atoms with Crippen LogP contribution in [-0.2, 0) is 13.2 Å². The zero-order valence-electron chi connectivity index (χ0n) is 13.6. The monoisotopic (exact) mass is 303 g/mol. The first kappa shape index (κ1) is 16.5. The van der Waals surface area contributed by atoms with Gasteiger partial charge >= 0.3 is 0 Å². The number of aliphatic hydroxyl groups excluding tert-OH is 1. The van der Waals surface area contributed by atoms with E-state index in [-0.39, 0.29) is 6.61 Å². The smallest absolute Gasteiger partial charge is 0.119 e. The van der Waals surface area contributed by atoms with Gasteiger partial charge in [-0.3, -0.25) is 0 Å². The number of hydrogen-bond donors (Lipinski definition) is 1. The van der Waals surface area contributed by atoms with Gasteiger partial charge in [-0.05, 0) is 37.8 Å². The predicted octanol–water partition coefficient (Wildman–Crippen LogP) is 3.06. The number of hydrogen-bond acceptors (Lipinski definition) is 4. The van der Waals surface area contributed by atoms with Crippen molar-refractivity contribution in [2.45, 2.75) is 52.7 Å². The molecule has 0 saturated carbocycles. The maximum absolute atomic E-state index is 9.30. The predicted molar refractivity (Wildman–Crippen MR) is 85.9 cm³/mol. The van der Waals surface area contributed by atoms with Crippen molar-refractivity contribution in [3.8, 4) is 5.75 Å². The summed E-state index contributed by atoms with van der Waals surface area (Å²) in [5.74, 6) is 1.22. The van der Waals surface area contributed by atoms with Crippen molar-refractivity contribution in [1.82, 2.24) is 15.0 Å². The van der Waals surface area contributed by atoms with Gasteiger partial charge in [0, 0.05) is 6.54 Å². The van der Waals surface area contributed by atoms with Crippen molar-refractivity contribution in [1.29, 1.82) is 0 Å². The number of rotatable bonds is 8. The Morgan fingerprint density at radius 1 is 1.18 bits per heavy atom. The van der Waals surface area contributed by atoms with Crippen LogP contribution in [-0.4, -0.2) is 26.7 Å². The van der Waals surface area contributed by atoms with Crippen molar-refractivity contribution in [2.24, 2.45) is 0 Å². The molecule has 0 aliphatic rings. The molecular formula is C17H25N3O2. The second-order valence-electron chi connectivity index (χ2n) is 5.83. The van der Waals surface area contributed by atoms with Crippen molar-refractivity contribution in [3.63, 3.8) is 0 Å². The molecule has 0 bridgehead atoms. The fourth-order valence-corrected chi connectivity index (χ4v) is 2.45. The highest BCUT2D eigenvalue weighted by molar-refractivity contribution is 5.26. The molecule has 22 heavy (non-hydrogen) atoms. The molecule has 120 valence electrons. The second kappa shape index (κ2) is 7.94. The van der Waals surface area contributed by atoms with Crippen molar-refractivity contribution >= 4 is 0 Å². The van der Waals surface area contributed by atoms with Gasteiger partial charge in [0.25, 0.3) is 0 Å². The highest BCUT2D eigenvalue weighted by atomic mass is 16.5. The molecule has 0 fully saturated rings. The SMILES string of the molecule is Cc1ccc(OCCCCn2nnc(CO)c2C(C)C)cc1. The first-order chi connectivity index (χ1) is 10.6. The summed E-state index contributed by atoms with van der Waals surface area (Å²) in [5.41, 5.74) is 2.95. The summed E-state index contributed by atoms with van der Waals surface area (Å²) in [6, 6.07) is 8.10. The third-order valence-corrected chi connectivity index (χ3v) is 3.60. The summed E-state index contributed by atoms with van der Waals surface area (Å²) in [5, 5.41) is 17.5. The van der Waals surface area contributed by atoms with Crippen LogP contribution in [0.4, 0.5) is 0 Å². The highest BCUT2D eigenvalue weighted by Crippen LogP contribution is 2.18. The standard InChI is InChI=1S/C17H25N3O2/c1-13(2)17-16(12-21)18-19-20(17)10-4-5-11-22-15-8-6-14(3)7-9-15/h6-9,13,21H,4-5,10-12H2,1-3H3. The summed E-state index contributed by atoms with van der Waals surface area (Å²) in [6.07, 6.45) is 1.93. The zero-order valence-corrected chi connectivity index (χ0v) is 13.6. The quantitative estimate of drug-likeness (QED) is 0.761. The van der Waals surface area contributed by atoms with Gasteiger partial charge in [-0.1, -0.05) is 36.8 Å². The number of nitrogens with zero attached hydrogens (tertiary/aromatic N) is 3. The van der Waals surface area contributed by atoms with Crippen LogP contribution in [0, 0.1) is 6.92 Å². The molecule has 0 saturated heterocycles. The Labute approximate surface area is 131 Å². The van der Waals surface area contributed by atoms with Gasteiger partial charge in [-0.15, -0.1) is 5.10 Å². The molecule has 5 nitrogen and oxygen atoms in total. The maximum atomic E-state index is 9.30. The first-order valence-electron chi connectivity index (χ1n) is 7.84. The minimum atomic E-state index is -0.0515. The molecule has 0 spiro atoms. The average molecular weight is 303 g/mol. The lowest BCUT2D eigenvalue weighted by atomic mass is 10.1. The first-order valence-corrected chi connectivity index (χ1v) is 7.84. The molecular weight excluding hydrogens is 278 g/mol. The van der Waals surface area contributed by atoms with Crippen molar-refractivity contribution in [3.05, 3.63) is 41.2 Å². The third kappa shape index (κ3) is 4.31. The van der Waals surface area contributed by atoms with Crippen LogP contribution in [0.15, 0.2) is 24.3 Å². The van der Waals surface area contributed by atoms with Crippen LogP contribution >= 0.6 is 0 Å². The summed E-state index contributed by atoms with van der Waals surface area (Å²) >= 11 is 0. The number of ether oxygens (including phenoxy) is 1. The van der Waals surface area contributed by atoms with Crippen LogP contribution in [0.2, 0.25) is 0 Å². The van der Waals surface area contributed by atoms with E-state index in [1.54, 1.807) is 0 Å². The van der Waals surface area contributed by atoms with E-state index in [9.17, 15) is 5.11 Å². The summed E-state index contributed by atoms with van der Waals surface area (Å²) in [6.45, 7) is 7.70. The Hall–Kier alpha value is -1.88. The normalized spacial score (nSPS) is 11.1. The van der Waals surface area contributed by atoms with Crippen LogP contribution in [0.3, 0.4) is 0 Å². The Morgan fingerprint density at radius 2 is 1.91 bits per heavy atom. The van der Waals surface area contributed by atoms with Gasteiger partial charge in [-0.25, -0.2) is 4.68 Å². The lowest BCUT2D eigenvalue weighted by molar-refractivity contribution is 0.274. The Morgan fingerprint density at radius 3 is 2.55 bits per heavy atom. The molecule has 0 radical (unpaired) electrons. The molecule has 2 rings (SSSR count). The lowest BCUT2D eigenvalue weighted by Crippen LogP contribution is -2.09. The molecule has 0 aliphatic heterocycles. The van der Waals surface area contributed by atoms with Gasteiger partial charge in [0.05, 0.1) is 18.9 Å². The Bertz CT molecular complexity index is 576. The van der Waals surface area contributed by atoms with Gasteiger partial charge in [0.1, 0.15) is 11.4 Å². The molecule has 1 aromatic carbocycles. The number of aromatic nitrogens is 3. The van der Waals surface area contributed by atoms with Crippen LogP contribution in [0.1, 0.15) is 49.6 Å². The van der Waals surface area contributed by atoms with E-state index in [2.05, 4.69) is 43.2 Å². The van der Waals surface area contributed by atoms with Gasteiger partial charge in [-0.2, -0.15) is 0 Å². The van der Waals surface area contributed by atoms with Gasteiger partial charge in [0.15, 0.2) is 0 Å². The van der Waals surface area contributed by atoms with Crippen molar-refractivity contribution < 1.29 is 9.84 Å². The molecule has 2 aromatic rings. The van der Waals surface area contributed by atoms with E-state index in [0.29, 0.717) is 18.2 Å². The van der Waals surface area contributed by atoms with E-state index in [0.717, 1.165) is 30.8 Å². The third-order valence-electron chi connectivity index (χ3n) is 3.60. The van der Waals surface area contributed by atoms with E-state index in [1.807, 2.05) is 16.8 Å². The zero-order chi connectivity index (χ0) is 15.9. The molecule has 1 N–H and O–H groups in total. The summed E-state index contributed by atoms with van der Waals surface area (Å²) in [7, 11) is 0. The fourth-order valence-electron chi connectivity index (χ4n) is 2.45. The molecule has 0 unspecified atom stereocenters. The topological polar surface area (TPSA) is 60.2 Å². The summed E-state index contributed by atoms with van der Waals surface area (Å²) < 4.78 is 7.62.